The summed E-state index contributed by atoms with van der Waals surface area (Å²) in [7, 11) is 0. The molecule has 0 saturated heterocycles. The first kappa shape index (κ1) is 38.4. The van der Waals surface area contributed by atoms with Crippen molar-refractivity contribution in [3.05, 3.63) is 69.4 Å². The Morgan fingerprint density at radius 2 is 1.31 bits per heavy atom. The van der Waals surface area contributed by atoms with Gasteiger partial charge in [0.15, 0.2) is 0 Å². The van der Waals surface area contributed by atoms with Crippen LogP contribution in [0.1, 0.15) is 147 Å². The zero-order valence-corrected chi connectivity index (χ0v) is 29.9. The summed E-state index contributed by atoms with van der Waals surface area (Å²) in [6.45, 7) is 28.1. The van der Waals surface area contributed by atoms with Crippen molar-refractivity contribution >= 4 is 0 Å². The van der Waals surface area contributed by atoms with E-state index in [1.54, 1.807) is 5.57 Å². The highest BCUT2D eigenvalue weighted by molar-refractivity contribution is 5.18. The van der Waals surface area contributed by atoms with Crippen LogP contribution in [0.4, 0.5) is 0 Å². The molecule has 0 aromatic rings. The SMILES string of the molecule is CC(C)=CCC/C(C)=C/COC(C)(C)C1=CCC(C)CC1.CC(C)=CCC/C(C)=C/COC1CC(C)CCC1=C(C)C. The van der Waals surface area contributed by atoms with Gasteiger partial charge in [-0.1, -0.05) is 72.1 Å². The third-order valence-corrected chi connectivity index (χ3v) is 8.79. The average molecular weight is 581 g/mol. The summed E-state index contributed by atoms with van der Waals surface area (Å²) in [4.78, 5) is 0. The van der Waals surface area contributed by atoms with Gasteiger partial charge in [0.2, 0.25) is 0 Å². The molecule has 0 N–H and O–H groups in total. The van der Waals surface area contributed by atoms with E-state index >= 15 is 0 Å². The molecule has 0 bridgehead atoms. The molecule has 0 heterocycles. The lowest BCUT2D eigenvalue weighted by Crippen LogP contribution is -2.29. The van der Waals surface area contributed by atoms with Crippen molar-refractivity contribution in [2.45, 2.75) is 159 Å². The third-order valence-electron chi connectivity index (χ3n) is 8.79. The van der Waals surface area contributed by atoms with Crippen LogP contribution in [0.15, 0.2) is 69.4 Å². The highest BCUT2D eigenvalue weighted by atomic mass is 16.5. The molecule has 0 spiro atoms. The second kappa shape index (κ2) is 20.3. The fraction of sp³-hybridized carbons (Fsp3) is 0.700. The monoisotopic (exact) mass is 581 g/mol. The fourth-order valence-electron chi connectivity index (χ4n) is 5.61. The van der Waals surface area contributed by atoms with Crippen LogP contribution in [-0.2, 0) is 9.47 Å². The van der Waals surface area contributed by atoms with Crippen LogP contribution < -0.4 is 0 Å². The van der Waals surface area contributed by atoms with Gasteiger partial charge in [0.05, 0.1) is 24.9 Å². The van der Waals surface area contributed by atoms with Crippen LogP contribution in [-0.4, -0.2) is 24.9 Å². The van der Waals surface area contributed by atoms with Crippen LogP contribution in [0.25, 0.3) is 0 Å². The molecular formula is C40H68O2. The van der Waals surface area contributed by atoms with Crippen molar-refractivity contribution in [1.82, 2.24) is 0 Å². The summed E-state index contributed by atoms with van der Waals surface area (Å²) in [5, 5.41) is 0. The van der Waals surface area contributed by atoms with Gasteiger partial charge in [-0.05, 0) is 156 Å². The molecule has 2 heteroatoms. The molecule has 2 aliphatic rings. The minimum absolute atomic E-state index is 0.114. The van der Waals surface area contributed by atoms with Crippen LogP contribution in [0, 0.1) is 11.8 Å². The molecule has 2 aliphatic carbocycles. The zero-order valence-electron chi connectivity index (χ0n) is 29.9. The quantitative estimate of drug-likeness (QED) is 0.202. The summed E-state index contributed by atoms with van der Waals surface area (Å²) in [5.74, 6) is 1.63. The topological polar surface area (TPSA) is 18.5 Å². The molecule has 0 aromatic carbocycles. The largest absolute Gasteiger partial charge is 0.370 e. The molecule has 0 amide bonds. The van der Waals surface area contributed by atoms with Crippen LogP contribution in [0.2, 0.25) is 0 Å². The van der Waals surface area contributed by atoms with Crippen molar-refractivity contribution in [3.8, 4) is 0 Å². The Morgan fingerprint density at radius 1 is 0.762 bits per heavy atom. The molecule has 240 valence electrons. The summed E-state index contributed by atoms with van der Waals surface area (Å²) in [5.41, 5.74) is 10.0. The van der Waals surface area contributed by atoms with Crippen molar-refractivity contribution in [1.29, 1.82) is 0 Å². The Hall–Kier alpha value is -1.64. The molecule has 0 aromatic heterocycles. The Balaban J connectivity index is 0.000000420. The maximum atomic E-state index is 6.18. The number of rotatable bonds is 13. The molecular weight excluding hydrogens is 512 g/mol. The fourth-order valence-corrected chi connectivity index (χ4v) is 5.61. The van der Waals surface area contributed by atoms with E-state index in [9.17, 15) is 0 Å². The van der Waals surface area contributed by atoms with Crippen LogP contribution in [0.3, 0.4) is 0 Å². The predicted molar refractivity (Wildman–Crippen MR) is 187 cm³/mol. The van der Waals surface area contributed by atoms with E-state index in [1.807, 2.05) is 0 Å². The Labute approximate surface area is 262 Å². The Kier molecular flexibility index (Phi) is 18.6. The van der Waals surface area contributed by atoms with Gasteiger partial charge in [0, 0.05) is 0 Å². The first-order valence-corrected chi connectivity index (χ1v) is 16.9. The minimum atomic E-state index is -0.114. The molecule has 2 rings (SSSR count). The predicted octanol–water partition coefficient (Wildman–Crippen LogP) is 12.4. The second-order valence-corrected chi connectivity index (χ2v) is 14.4. The smallest absolute Gasteiger partial charge is 0.0839 e. The summed E-state index contributed by atoms with van der Waals surface area (Å²) >= 11 is 0. The van der Waals surface area contributed by atoms with Crippen molar-refractivity contribution in [2.75, 3.05) is 13.2 Å². The van der Waals surface area contributed by atoms with Gasteiger partial charge in [0.25, 0.3) is 0 Å². The van der Waals surface area contributed by atoms with E-state index in [0.29, 0.717) is 6.10 Å². The van der Waals surface area contributed by atoms with Crippen molar-refractivity contribution < 1.29 is 9.47 Å². The molecule has 3 atom stereocenters. The number of ether oxygens (including phenoxy) is 2. The number of hydrogen-bond acceptors (Lipinski definition) is 2. The maximum absolute atomic E-state index is 6.18. The van der Waals surface area contributed by atoms with E-state index in [-0.39, 0.29) is 5.60 Å². The normalized spacial score (nSPS) is 21.7. The maximum Gasteiger partial charge on any atom is 0.0839 e. The van der Waals surface area contributed by atoms with E-state index in [1.165, 1.54) is 72.0 Å². The lowest BCUT2D eigenvalue weighted by atomic mass is 9.83. The molecule has 1 fully saturated rings. The second-order valence-electron chi connectivity index (χ2n) is 14.4. The van der Waals surface area contributed by atoms with Gasteiger partial charge in [-0.25, -0.2) is 0 Å². The highest BCUT2D eigenvalue weighted by Crippen LogP contribution is 2.33. The van der Waals surface area contributed by atoms with Gasteiger partial charge in [-0.15, -0.1) is 0 Å². The molecule has 2 nitrogen and oxygen atoms in total. The Bertz CT molecular complexity index is 969. The molecule has 1 saturated carbocycles. The van der Waals surface area contributed by atoms with Gasteiger partial charge in [-0.3, -0.25) is 0 Å². The lowest BCUT2D eigenvalue weighted by Gasteiger charge is -2.32. The van der Waals surface area contributed by atoms with E-state index in [0.717, 1.165) is 50.7 Å². The van der Waals surface area contributed by atoms with Crippen LogP contribution in [0.5, 0.6) is 0 Å². The molecule has 0 aliphatic heterocycles. The van der Waals surface area contributed by atoms with Crippen molar-refractivity contribution in [3.63, 3.8) is 0 Å². The first-order chi connectivity index (χ1) is 19.7. The first-order valence-electron chi connectivity index (χ1n) is 16.9. The van der Waals surface area contributed by atoms with Crippen LogP contribution >= 0.6 is 0 Å². The number of allylic oxidation sites excluding steroid dienone is 8. The highest BCUT2D eigenvalue weighted by Gasteiger charge is 2.26. The van der Waals surface area contributed by atoms with E-state index in [2.05, 4.69) is 113 Å². The molecule has 42 heavy (non-hydrogen) atoms. The minimum Gasteiger partial charge on any atom is -0.370 e. The lowest BCUT2D eigenvalue weighted by molar-refractivity contribution is 0.0245. The summed E-state index contributed by atoms with van der Waals surface area (Å²) in [6, 6.07) is 0. The number of hydrogen-bond donors (Lipinski definition) is 0. The summed E-state index contributed by atoms with van der Waals surface area (Å²) in [6.07, 6.45) is 23.8. The van der Waals surface area contributed by atoms with E-state index in [4.69, 9.17) is 9.47 Å². The van der Waals surface area contributed by atoms with Gasteiger partial charge in [0.1, 0.15) is 0 Å². The van der Waals surface area contributed by atoms with Gasteiger partial charge >= 0.3 is 0 Å². The third kappa shape index (κ3) is 16.9. The average Bonchev–Trinajstić information content (AvgIpc) is 2.88. The van der Waals surface area contributed by atoms with Gasteiger partial charge < -0.3 is 9.47 Å². The van der Waals surface area contributed by atoms with Crippen molar-refractivity contribution in [2.24, 2.45) is 11.8 Å². The molecule has 0 radical (unpaired) electrons. The summed E-state index contributed by atoms with van der Waals surface area (Å²) < 4.78 is 12.3. The Morgan fingerprint density at radius 3 is 1.81 bits per heavy atom. The standard InChI is InChI=1S/2C20H34O/c1-16(2)8-7-9-17(3)14-15-21-20(5,6)19-12-10-18(4)11-13-19;1-15(2)8-7-9-17(5)12-13-21-20-14-18(6)10-11-19(20)16(3)4/h8,12,14,18H,7,9-11,13,15H2,1-6H3;8,12,18,20H,7,9-11,13-14H2,1-6H3/b17-14+;17-12+. The van der Waals surface area contributed by atoms with Gasteiger partial charge in [-0.2, -0.15) is 0 Å². The van der Waals surface area contributed by atoms with E-state index < -0.39 is 0 Å². The molecule has 3 unspecified atom stereocenters. The zero-order chi connectivity index (χ0) is 31.7.